The number of aromatic amines is 1. The number of H-pyrrole nitrogens is 1. The quantitative estimate of drug-likeness (QED) is 0.571. The average molecular weight is 375 g/mol. The third-order valence-electron chi connectivity index (χ3n) is 3.73. The fraction of sp³-hybridized carbons (Fsp3) is 0.176. The highest BCUT2D eigenvalue weighted by Gasteiger charge is 2.23. The predicted octanol–water partition coefficient (Wildman–Crippen LogP) is 2.53. The number of halogens is 1. The van der Waals surface area contributed by atoms with Crippen molar-refractivity contribution in [1.82, 2.24) is 20.3 Å². The zero-order chi connectivity index (χ0) is 18.5. The van der Waals surface area contributed by atoms with E-state index in [9.17, 15) is 14.7 Å². The van der Waals surface area contributed by atoms with Crippen molar-refractivity contribution in [2.45, 2.75) is 19.1 Å². The van der Waals surface area contributed by atoms with E-state index >= 15 is 0 Å². The minimum Gasteiger partial charge on any atom is -0.480 e. The van der Waals surface area contributed by atoms with Gasteiger partial charge in [0.25, 0.3) is 0 Å². The van der Waals surface area contributed by atoms with Gasteiger partial charge < -0.3 is 20.1 Å². The van der Waals surface area contributed by atoms with Gasteiger partial charge in [0.05, 0.1) is 5.39 Å². The number of amides is 1. The maximum absolute atomic E-state index is 11.9. The van der Waals surface area contributed by atoms with Crippen LogP contribution in [0.5, 0.6) is 0 Å². The number of rotatable bonds is 6. The standard InChI is InChI=1S/C17H15ClN4O4/c18-14-13-11(7-19-15(13)21-9-20-14)6-12(16(23)24)22-17(25)26-8-10-4-2-1-3-5-10/h1-5,7,9,12H,6,8H2,(H,22,25)(H,23,24)(H,19,20,21)/t12-/m0/s1. The molecule has 0 bridgehead atoms. The number of nitrogens with zero attached hydrogens (tertiary/aromatic N) is 2. The molecule has 0 fully saturated rings. The Hall–Kier alpha value is -3.13. The molecule has 3 N–H and O–H groups in total. The fourth-order valence-electron chi connectivity index (χ4n) is 2.47. The lowest BCUT2D eigenvalue weighted by atomic mass is 10.1. The van der Waals surface area contributed by atoms with Gasteiger partial charge in [-0.1, -0.05) is 41.9 Å². The van der Waals surface area contributed by atoms with Crippen LogP contribution in [-0.2, 0) is 22.6 Å². The van der Waals surface area contributed by atoms with Crippen molar-refractivity contribution in [3.05, 3.63) is 59.1 Å². The highest BCUT2D eigenvalue weighted by atomic mass is 35.5. The minimum absolute atomic E-state index is 0.00284. The third kappa shape index (κ3) is 4.09. The first-order chi connectivity index (χ1) is 12.5. The molecule has 3 aromatic rings. The first-order valence-corrected chi connectivity index (χ1v) is 8.09. The molecule has 0 spiro atoms. The zero-order valence-electron chi connectivity index (χ0n) is 13.5. The number of ether oxygens (including phenoxy) is 1. The van der Waals surface area contributed by atoms with Crippen molar-refractivity contribution >= 4 is 34.7 Å². The largest absolute Gasteiger partial charge is 0.480 e. The Bertz CT molecular complexity index is 929. The molecule has 0 aliphatic carbocycles. The van der Waals surface area contributed by atoms with Crippen LogP contribution in [0.25, 0.3) is 11.0 Å². The Kier molecular flexibility index (Phi) is 5.33. The van der Waals surface area contributed by atoms with Gasteiger partial charge in [-0.05, 0) is 11.1 Å². The van der Waals surface area contributed by atoms with Gasteiger partial charge in [-0.25, -0.2) is 19.6 Å². The van der Waals surface area contributed by atoms with E-state index in [1.54, 1.807) is 18.3 Å². The van der Waals surface area contributed by atoms with Crippen LogP contribution in [0.1, 0.15) is 11.1 Å². The van der Waals surface area contributed by atoms with Crippen molar-refractivity contribution in [1.29, 1.82) is 0 Å². The van der Waals surface area contributed by atoms with Crippen LogP contribution in [0.3, 0.4) is 0 Å². The van der Waals surface area contributed by atoms with Gasteiger partial charge in [0.2, 0.25) is 0 Å². The van der Waals surface area contributed by atoms with E-state index in [1.807, 2.05) is 18.2 Å². The summed E-state index contributed by atoms with van der Waals surface area (Å²) < 4.78 is 5.07. The zero-order valence-corrected chi connectivity index (χ0v) is 14.2. The Labute approximate surface area is 153 Å². The highest BCUT2D eigenvalue weighted by Crippen LogP contribution is 2.24. The third-order valence-corrected chi connectivity index (χ3v) is 4.02. The molecular formula is C17H15ClN4O4. The molecule has 0 aliphatic heterocycles. The molecule has 2 aromatic heterocycles. The lowest BCUT2D eigenvalue weighted by molar-refractivity contribution is -0.139. The predicted molar refractivity (Wildman–Crippen MR) is 93.8 cm³/mol. The molecule has 2 heterocycles. The number of carboxylic acid groups (broad SMARTS) is 1. The van der Waals surface area contributed by atoms with E-state index in [4.69, 9.17) is 16.3 Å². The van der Waals surface area contributed by atoms with Gasteiger partial charge in [0, 0.05) is 12.6 Å². The summed E-state index contributed by atoms with van der Waals surface area (Å²) in [6.45, 7) is 0.0474. The maximum atomic E-state index is 11.9. The molecule has 0 aliphatic rings. The second-order valence-corrected chi connectivity index (χ2v) is 5.86. The molecule has 0 unspecified atom stereocenters. The SMILES string of the molecule is O=C(N[C@@H](Cc1c[nH]c2ncnc(Cl)c12)C(=O)O)OCc1ccccc1. The number of aliphatic carboxylic acids is 1. The Balaban J connectivity index is 1.67. The fourth-order valence-corrected chi connectivity index (χ4v) is 2.73. The van der Waals surface area contributed by atoms with Crippen LogP contribution in [0.2, 0.25) is 5.15 Å². The molecule has 1 amide bonds. The van der Waals surface area contributed by atoms with Gasteiger partial charge in [-0.15, -0.1) is 0 Å². The number of benzene rings is 1. The van der Waals surface area contributed by atoms with Crippen molar-refractivity contribution in [2.24, 2.45) is 0 Å². The summed E-state index contributed by atoms with van der Waals surface area (Å²) in [6.07, 6.45) is 2.09. The molecule has 26 heavy (non-hydrogen) atoms. The van der Waals surface area contributed by atoms with Gasteiger partial charge in [-0.3, -0.25) is 0 Å². The van der Waals surface area contributed by atoms with Crippen LogP contribution < -0.4 is 5.32 Å². The lowest BCUT2D eigenvalue weighted by Gasteiger charge is -2.14. The number of carbonyl (C=O) groups excluding carboxylic acids is 1. The van der Waals surface area contributed by atoms with Crippen molar-refractivity contribution in [3.63, 3.8) is 0 Å². The molecular weight excluding hydrogens is 360 g/mol. The van der Waals surface area contributed by atoms with E-state index in [1.165, 1.54) is 6.33 Å². The molecule has 1 aromatic carbocycles. The van der Waals surface area contributed by atoms with E-state index in [-0.39, 0.29) is 18.2 Å². The second-order valence-electron chi connectivity index (χ2n) is 5.50. The van der Waals surface area contributed by atoms with E-state index < -0.39 is 18.1 Å². The van der Waals surface area contributed by atoms with Crippen LogP contribution in [0, 0.1) is 0 Å². The number of carboxylic acids is 1. The number of fused-ring (bicyclic) bond motifs is 1. The number of hydrogen-bond donors (Lipinski definition) is 3. The van der Waals surface area contributed by atoms with Crippen molar-refractivity contribution in [3.8, 4) is 0 Å². The topological polar surface area (TPSA) is 117 Å². The number of alkyl carbamates (subject to hydrolysis) is 1. The summed E-state index contributed by atoms with van der Waals surface area (Å²) in [5.74, 6) is -1.19. The van der Waals surface area contributed by atoms with Crippen molar-refractivity contribution in [2.75, 3.05) is 0 Å². The molecule has 9 heteroatoms. The van der Waals surface area contributed by atoms with Gasteiger partial charge in [0.1, 0.15) is 29.8 Å². The molecule has 0 radical (unpaired) electrons. The summed E-state index contributed by atoms with van der Waals surface area (Å²) in [6, 6.07) is 7.90. The second kappa shape index (κ2) is 7.83. The van der Waals surface area contributed by atoms with E-state index in [2.05, 4.69) is 20.3 Å². The Morgan fingerprint density at radius 3 is 2.77 bits per heavy atom. The van der Waals surface area contributed by atoms with Crippen LogP contribution in [0.4, 0.5) is 4.79 Å². The Morgan fingerprint density at radius 2 is 2.04 bits per heavy atom. The molecule has 1 atom stereocenters. The first kappa shape index (κ1) is 17.7. The lowest BCUT2D eigenvalue weighted by Crippen LogP contribution is -2.42. The summed E-state index contributed by atoms with van der Waals surface area (Å²) >= 11 is 6.06. The minimum atomic E-state index is -1.19. The smallest absolute Gasteiger partial charge is 0.408 e. The molecule has 0 saturated heterocycles. The number of hydrogen-bond acceptors (Lipinski definition) is 5. The number of nitrogens with one attached hydrogen (secondary N) is 2. The average Bonchev–Trinajstić information content (AvgIpc) is 3.04. The monoisotopic (exact) mass is 374 g/mol. The van der Waals surface area contributed by atoms with Gasteiger partial charge in [-0.2, -0.15) is 0 Å². The maximum Gasteiger partial charge on any atom is 0.408 e. The summed E-state index contributed by atoms with van der Waals surface area (Å²) in [4.78, 5) is 34.3. The van der Waals surface area contributed by atoms with E-state index in [0.717, 1.165) is 5.56 Å². The molecule has 134 valence electrons. The highest BCUT2D eigenvalue weighted by molar-refractivity contribution is 6.34. The molecule has 0 saturated carbocycles. The first-order valence-electron chi connectivity index (χ1n) is 7.71. The summed E-state index contributed by atoms with van der Waals surface area (Å²) in [7, 11) is 0. The summed E-state index contributed by atoms with van der Waals surface area (Å²) in [5, 5.41) is 12.5. The van der Waals surface area contributed by atoms with Gasteiger partial charge >= 0.3 is 12.1 Å². The number of aromatic nitrogens is 3. The normalized spacial score (nSPS) is 11.9. The Morgan fingerprint density at radius 1 is 1.27 bits per heavy atom. The number of carbonyl (C=O) groups is 2. The van der Waals surface area contributed by atoms with Crippen LogP contribution >= 0.6 is 11.6 Å². The van der Waals surface area contributed by atoms with E-state index in [0.29, 0.717) is 16.6 Å². The van der Waals surface area contributed by atoms with Crippen molar-refractivity contribution < 1.29 is 19.4 Å². The molecule has 8 nitrogen and oxygen atoms in total. The van der Waals surface area contributed by atoms with Gasteiger partial charge in [0.15, 0.2) is 0 Å². The van der Waals surface area contributed by atoms with Crippen LogP contribution in [0.15, 0.2) is 42.9 Å². The molecule has 3 rings (SSSR count). The van der Waals surface area contributed by atoms with Crippen LogP contribution in [-0.4, -0.2) is 38.2 Å². The summed E-state index contributed by atoms with van der Waals surface area (Å²) in [5.41, 5.74) is 1.88.